The summed E-state index contributed by atoms with van der Waals surface area (Å²) in [6, 6.07) is 9.45. The standard InChI is InChI=1S/C24H27F4NO3/c1-21(2,17-11-15(25)9-10-19(17)30)12-23(32,24(26,27)28)14-29-13-22(3,4)20(31)16-7-5-6-8-18(16)29/h5-11,30,32H,12-14H2,1-4H3. The highest BCUT2D eigenvalue weighted by Gasteiger charge is 2.57. The van der Waals surface area contributed by atoms with Gasteiger partial charge < -0.3 is 15.1 Å². The summed E-state index contributed by atoms with van der Waals surface area (Å²) in [5.74, 6) is -1.23. The fraction of sp³-hybridized carbons (Fsp3) is 0.458. The molecule has 3 rings (SSSR count). The molecule has 0 saturated carbocycles. The van der Waals surface area contributed by atoms with Crippen LogP contribution in [0.5, 0.6) is 5.75 Å². The van der Waals surface area contributed by atoms with Gasteiger partial charge in [-0.1, -0.05) is 39.8 Å². The van der Waals surface area contributed by atoms with E-state index in [1.807, 2.05) is 0 Å². The SMILES string of the molecule is CC1(C)CN(CC(O)(CC(C)(C)c2cc(F)ccc2O)C(F)(F)F)c2ccccc2C1=O. The second kappa shape index (κ2) is 7.76. The van der Waals surface area contributed by atoms with Gasteiger partial charge in [0.1, 0.15) is 11.6 Å². The predicted octanol–water partition coefficient (Wildman–Crippen LogP) is 5.22. The molecule has 0 aromatic heterocycles. The van der Waals surface area contributed by atoms with E-state index in [0.29, 0.717) is 11.3 Å². The average molecular weight is 453 g/mol. The first kappa shape index (κ1) is 24.0. The molecule has 0 aliphatic carbocycles. The van der Waals surface area contributed by atoms with Crippen LogP contribution in [0.25, 0.3) is 0 Å². The predicted molar refractivity (Wildman–Crippen MR) is 113 cm³/mol. The Hall–Kier alpha value is -2.61. The van der Waals surface area contributed by atoms with E-state index in [1.54, 1.807) is 38.1 Å². The Balaban J connectivity index is 2.03. The number of hydrogen-bond acceptors (Lipinski definition) is 4. The van der Waals surface area contributed by atoms with Crippen LogP contribution in [-0.4, -0.2) is 40.9 Å². The van der Waals surface area contributed by atoms with E-state index in [4.69, 9.17) is 0 Å². The van der Waals surface area contributed by atoms with Gasteiger partial charge in [-0.05, 0) is 42.2 Å². The second-order valence-corrected chi connectivity index (χ2v) is 9.84. The number of halogens is 4. The van der Waals surface area contributed by atoms with Crippen LogP contribution in [-0.2, 0) is 5.41 Å². The number of alkyl halides is 3. The van der Waals surface area contributed by atoms with Crippen molar-refractivity contribution in [2.24, 2.45) is 5.41 Å². The molecule has 1 aliphatic heterocycles. The van der Waals surface area contributed by atoms with Gasteiger partial charge in [-0.15, -0.1) is 0 Å². The van der Waals surface area contributed by atoms with Crippen molar-refractivity contribution in [2.45, 2.75) is 51.3 Å². The van der Waals surface area contributed by atoms with Gasteiger partial charge in [-0.2, -0.15) is 13.2 Å². The molecule has 0 amide bonds. The molecule has 2 N–H and O–H groups in total. The van der Waals surface area contributed by atoms with Gasteiger partial charge in [0.15, 0.2) is 11.4 Å². The lowest BCUT2D eigenvalue weighted by Gasteiger charge is -2.45. The third-order valence-electron chi connectivity index (χ3n) is 6.09. The number of para-hydroxylation sites is 1. The first-order chi connectivity index (χ1) is 14.6. The highest BCUT2D eigenvalue weighted by molar-refractivity contribution is 6.06. The quantitative estimate of drug-likeness (QED) is 0.610. The zero-order chi connectivity index (χ0) is 24.1. The third kappa shape index (κ3) is 4.33. The van der Waals surface area contributed by atoms with Crippen LogP contribution in [0.4, 0.5) is 23.2 Å². The van der Waals surface area contributed by atoms with Crippen LogP contribution >= 0.6 is 0 Å². The number of benzene rings is 2. The lowest BCUT2D eigenvalue weighted by Crippen LogP contribution is -2.59. The lowest BCUT2D eigenvalue weighted by atomic mass is 9.73. The van der Waals surface area contributed by atoms with E-state index in [0.717, 1.165) is 18.2 Å². The molecule has 2 aromatic rings. The fourth-order valence-corrected chi connectivity index (χ4v) is 4.52. The summed E-state index contributed by atoms with van der Waals surface area (Å²) in [5, 5.41) is 21.1. The number of phenolic OH excluding ortho intramolecular Hbond substituents is 1. The topological polar surface area (TPSA) is 60.8 Å². The van der Waals surface area contributed by atoms with E-state index < -0.39 is 41.4 Å². The van der Waals surface area contributed by atoms with Crippen LogP contribution in [0.2, 0.25) is 0 Å². The molecule has 0 saturated heterocycles. The molecular formula is C24H27F4NO3. The Labute approximate surface area is 184 Å². The molecule has 2 aromatic carbocycles. The number of rotatable bonds is 5. The highest BCUT2D eigenvalue weighted by atomic mass is 19.4. The number of fused-ring (bicyclic) bond motifs is 1. The Bertz CT molecular complexity index is 1030. The molecule has 1 atom stereocenters. The molecule has 1 aliphatic rings. The fourth-order valence-electron chi connectivity index (χ4n) is 4.52. The molecule has 0 bridgehead atoms. The third-order valence-corrected chi connectivity index (χ3v) is 6.09. The van der Waals surface area contributed by atoms with Crippen LogP contribution < -0.4 is 4.90 Å². The van der Waals surface area contributed by atoms with Gasteiger partial charge in [-0.3, -0.25) is 4.79 Å². The Morgan fingerprint density at radius 3 is 2.34 bits per heavy atom. The maximum atomic E-state index is 14.3. The number of β-amino-alcohol motifs (C(OH)–C–C–N with tert-alkyl or cyclic N) is 1. The summed E-state index contributed by atoms with van der Waals surface area (Å²) in [6.45, 7) is 5.31. The monoisotopic (exact) mass is 453 g/mol. The normalized spacial score (nSPS) is 18.3. The van der Waals surface area contributed by atoms with Crippen molar-refractivity contribution in [3.05, 3.63) is 59.4 Å². The largest absolute Gasteiger partial charge is 0.508 e. The van der Waals surface area contributed by atoms with Crippen molar-refractivity contribution in [3.63, 3.8) is 0 Å². The molecule has 174 valence electrons. The number of ketones is 1. The molecule has 1 heterocycles. The minimum atomic E-state index is -5.02. The lowest BCUT2D eigenvalue weighted by molar-refractivity contribution is -0.262. The summed E-state index contributed by atoms with van der Waals surface area (Å²) in [4.78, 5) is 14.1. The number of aromatic hydroxyl groups is 1. The van der Waals surface area contributed by atoms with E-state index in [9.17, 15) is 32.6 Å². The van der Waals surface area contributed by atoms with Crippen molar-refractivity contribution in [1.29, 1.82) is 0 Å². The molecular weight excluding hydrogens is 426 g/mol. The summed E-state index contributed by atoms with van der Waals surface area (Å²) in [6.07, 6.45) is -5.85. The van der Waals surface area contributed by atoms with Crippen molar-refractivity contribution in [3.8, 4) is 5.75 Å². The number of carbonyl (C=O) groups is 1. The van der Waals surface area contributed by atoms with E-state index in [-0.39, 0.29) is 23.6 Å². The van der Waals surface area contributed by atoms with Gasteiger partial charge in [0.25, 0.3) is 0 Å². The first-order valence-corrected chi connectivity index (χ1v) is 10.2. The van der Waals surface area contributed by atoms with Gasteiger partial charge in [0.2, 0.25) is 0 Å². The highest BCUT2D eigenvalue weighted by Crippen LogP contribution is 2.45. The van der Waals surface area contributed by atoms with Crippen molar-refractivity contribution in [2.75, 3.05) is 18.0 Å². The zero-order valence-corrected chi connectivity index (χ0v) is 18.4. The number of aliphatic hydroxyl groups is 1. The van der Waals surface area contributed by atoms with E-state index in [1.165, 1.54) is 18.7 Å². The minimum absolute atomic E-state index is 0.00706. The Kier molecular flexibility index (Phi) is 5.83. The average Bonchev–Trinajstić information content (AvgIpc) is 2.66. The molecule has 8 heteroatoms. The second-order valence-electron chi connectivity index (χ2n) is 9.84. The summed E-state index contributed by atoms with van der Waals surface area (Å²) in [7, 11) is 0. The van der Waals surface area contributed by atoms with Crippen molar-refractivity contribution >= 4 is 11.5 Å². The molecule has 4 nitrogen and oxygen atoms in total. The van der Waals surface area contributed by atoms with Crippen LogP contribution in [0.1, 0.15) is 50.0 Å². The molecule has 0 radical (unpaired) electrons. The maximum Gasteiger partial charge on any atom is 0.418 e. The van der Waals surface area contributed by atoms with Crippen LogP contribution in [0.15, 0.2) is 42.5 Å². The molecule has 0 spiro atoms. The zero-order valence-electron chi connectivity index (χ0n) is 18.4. The number of hydrogen-bond donors (Lipinski definition) is 2. The van der Waals surface area contributed by atoms with Crippen molar-refractivity contribution < 1.29 is 32.6 Å². The number of Topliss-reactive ketones (excluding diaryl/α,β-unsaturated/α-hetero) is 1. The molecule has 32 heavy (non-hydrogen) atoms. The summed E-state index contributed by atoms with van der Waals surface area (Å²) >= 11 is 0. The van der Waals surface area contributed by atoms with Crippen LogP contribution in [0.3, 0.4) is 0 Å². The number of phenols is 1. The smallest absolute Gasteiger partial charge is 0.418 e. The Morgan fingerprint density at radius 2 is 1.72 bits per heavy atom. The van der Waals surface area contributed by atoms with Gasteiger partial charge in [-0.25, -0.2) is 4.39 Å². The first-order valence-electron chi connectivity index (χ1n) is 10.2. The Morgan fingerprint density at radius 1 is 1.09 bits per heavy atom. The van der Waals surface area contributed by atoms with E-state index >= 15 is 0 Å². The minimum Gasteiger partial charge on any atom is -0.508 e. The van der Waals surface area contributed by atoms with Crippen LogP contribution in [0, 0.1) is 11.2 Å². The van der Waals surface area contributed by atoms with Crippen molar-refractivity contribution in [1.82, 2.24) is 0 Å². The molecule has 0 fully saturated rings. The van der Waals surface area contributed by atoms with Gasteiger partial charge in [0, 0.05) is 28.8 Å². The molecule has 1 unspecified atom stereocenters. The van der Waals surface area contributed by atoms with E-state index in [2.05, 4.69) is 0 Å². The van der Waals surface area contributed by atoms with Gasteiger partial charge >= 0.3 is 6.18 Å². The summed E-state index contributed by atoms with van der Waals surface area (Å²) < 4.78 is 56.5. The van der Waals surface area contributed by atoms with Gasteiger partial charge in [0.05, 0.1) is 6.54 Å². The number of carbonyl (C=O) groups excluding carboxylic acids is 1. The number of nitrogens with zero attached hydrogens (tertiary/aromatic N) is 1. The maximum absolute atomic E-state index is 14.3. The summed E-state index contributed by atoms with van der Waals surface area (Å²) in [5.41, 5.74) is -4.97. The number of anilines is 1.